The molecule has 1 aliphatic heterocycles. The minimum Gasteiger partial charge on any atom is -0.340 e. The van der Waals surface area contributed by atoms with Gasteiger partial charge in [-0.25, -0.2) is 0 Å². The fraction of sp³-hybridized carbons (Fsp3) is 0.875. The molecule has 4 atom stereocenters. The minimum atomic E-state index is -0.728. The normalized spacial score (nSPS) is 38.5. The Morgan fingerprint density at radius 2 is 2.00 bits per heavy atom. The Hall–Kier alpha value is -1.06. The summed E-state index contributed by atoms with van der Waals surface area (Å²) in [6.45, 7) is 10.1. The summed E-state index contributed by atoms with van der Waals surface area (Å²) in [5.74, 6) is 0.927. The van der Waals surface area contributed by atoms with Crippen molar-refractivity contribution in [3.05, 3.63) is 0 Å². The highest BCUT2D eigenvalue weighted by atomic mass is 16.2. The van der Waals surface area contributed by atoms with Gasteiger partial charge in [0.05, 0.1) is 0 Å². The Morgan fingerprint density at radius 1 is 1.35 bits per heavy atom. The van der Waals surface area contributed by atoms with Crippen LogP contribution in [0.1, 0.15) is 60.3 Å². The van der Waals surface area contributed by atoms with E-state index in [1.807, 2.05) is 32.6 Å². The summed E-state index contributed by atoms with van der Waals surface area (Å²) in [5.41, 5.74) is -0.728. The van der Waals surface area contributed by atoms with E-state index in [-0.39, 0.29) is 29.8 Å². The smallest absolute Gasteiger partial charge is 0.248 e. The van der Waals surface area contributed by atoms with E-state index in [0.29, 0.717) is 12.3 Å². The zero-order chi connectivity index (χ0) is 15.1. The lowest BCUT2D eigenvalue weighted by Gasteiger charge is -2.48. The number of amides is 2. The van der Waals surface area contributed by atoms with Crippen molar-refractivity contribution in [1.29, 1.82) is 0 Å². The molecular weight excluding hydrogens is 252 g/mol. The standard InChI is InChI=1S/C16H28N2O2/c1-6-16(5)15(20)18(12-8-7-11(4)9-12)13(10(2)3)14(19)17-16/h10-13H,6-9H2,1-5H3,(H,17,19). The molecular formula is C16H28N2O2. The maximum absolute atomic E-state index is 12.9. The Kier molecular flexibility index (Phi) is 4.12. The Labute approximate surface area is 122 Å². The fourth-order valence-electron chi connectivity index (χ4n) is 3.62. The van der Waals surface area contributed by atoms with Gasteiger partial charge in [-0.2, -0.15) is 0 Å². The van der Waals surface area contributed by atoms with Gasteiger partial charge in [-0.15, -0.1) is 0 Å². The number of rotatable bonds is 3. The van der Waals surface area contributed by atoms with Crippen LogP contribution in [0.15, 0.2) is 0 Å². The minimum absolute atomic E-state index is 0.0171. The average molecular weight is 280 g/mol. The van der Waals surface area contributed by atoms with Crippen LogP contribution in [0.3, 0.4) is 0 Å². The van der Waals surface area contributed by atoms with Crippen molar-refractivity contribution in [2.75, 3.05) is 0 Å². The number of nitrogens with zero attached hydrogens (tertiary/aromatic N) is 1. The third kappa shape index (κ3) is 2.45. The quantitative estimate of drug-likeness (QED) is 0.862. The van der Waals surface area contributed by atoms with Crippen LogP contribution in [0.2, 0.25) is 0 Å². The predicted molar refractivity (Wildman–Crippen MR) is 79.1 cm³/mol. The number of carbonyl (C=O) groups is 2. The first kappa shape index (κ1) is 15.3. The number of carbonyl (C=O) groups excluding carboxylic acids is 2. The number of hydrogen-bond donors (Lipinski definition) is 1. The fourth-order valence-corrected chi connectivity index (χ4v) is 3.62. The molecule has 2 aliphatic rings. The van der Waals surface area contributed by atoms with E-state index in [9.17, 15) is 9.59 Å². The van der Waals surface area contributed by atoms with Crippen LogP contribution in [0.25, 0.3) is 0 Å². The molecule has 0 spiro atoms. The van der Waals surface area contributed by atoms with Crippen molar-refractivity contribution in [2.45, 2.75) is 77.9 Å². The van der Waals surface area contributed by atoms with Gasteiger partial charge in [-0.3, -0.25) is 9.59 Å². The van der Waals surface area contributed by atoms with E-state index in [1.54, 1.807) is 0 Å². The Bertz CT molecular complexity index is 407. The molecule has 0 aromatic rings. The van der Waals surface area contributed by atoms with Crippen LogP contribution < -0.4 is 5.32 Å². The topological polar surface area (TPSA) is 49.4 Å². The van der Waals surface area contributed by atoms with Crippen molar-refractivity contribution < 1.29 is 9.59 Å². The molecule has 1 saturated carbocycles. The molecule has 1 saturated heterocycles. The third-order valence-electron chi connectivity index (χ3n) is 5.07. The molecule has 4 unspecified atom stereocenters. The highest BCUT2D eigenvalue weighted by Gasteiger charge is 2.50. The lowest BCUT2D eigenvalue weighted by atomic mass is 9.87. The SMILES string of the molecule is CCC1(C)NC(=O)C(C(C)C)N(C2CCC(C)C2)C1=O. The highest BCUT2D eigenvalue weighted by Crippen LogP contribution is 2.35. The molecule has 0 aromatic carbocycles. The Morgan fingerprint density at radius 3 is 2.45 bits per heavy atom. The van der Waals surface area contributed by atoms with Crippen molar-refractivity contribution in [1.82, 2.24) is 10.2 Å². The molecule has 2 fully saturated rings. The number of piperazine rings is 1. The lowest BCUT2D eigenvalue weighted by molar-refractivity contribution is -0.159. The van der Waals surface area contributed by atoms with Gasteiger partial charge in [0.2, 0.25) is 11.8 Å². The molecule has 1 aliphatic carbocycles. The molecule has 0 aromatic heterocycles. The van der Waals surface area contributed by atoms with E-state index in [1.165, 1.54) is 0 Å². The number of nitrogens with one attached hydrogen (secondary N) is 1. The molecule has 1 heterocycles. The summed E-state index contributed by atoms with van der Waals surface area (Å²) >= 11 is 0. The van der Waals surface area contributed by atoms with Gasteiger partial charge in [-0.1, -0.05) is 27.7 Å². The van der Waals surface area contributed by atoms with Gasteiger partial charge < -0.3 is 10.2 Å². The van der Waals surface area contributed by atoms with Crippen LogP contribution in [0.5, 0.6) is 0 Å². The Balaban J connectivity index is 2.34. The second-order valence-electron chi connectivity index (χ2n) is 7.15. The van der Waals surface area contributed by atoms with Crippen LogP contribution >= 0.6 is 0 Å². The monoisotopic (exact) mass is 280 g/mol. The van der Waals surface area contributed by atoms with Crippen molar-refractivity contribution >= 4 is 11.8 Å². The zero-order valence-corrected chi connectivity index (χ0v) is 13.4. The van der Waals surface area contributed by atoms with Crippen molar-refractivity contribution in [3.63, 3.8) is 0 Å². The molecule has 2 amide bonds. The van der Waals surface area contributed by atoms with Gasteiger partial charge in [-0.05, 0) is 44.4 Å². The van der Waals surface area contributed by atoms with Crippen LogP contribution in [0, 0.1) is 11.8 Å². The van der Waals surface area contributed by atoms with Gasteiger partial charge in [0, 0.05) is 6.04 Å². The first-order chi connectivity index (χ1) is 9.30. The van der Waals surface area contributed by atoms with Gasteiger partial charge in [0.15, 0.2) is 0 Å². The second-order valence-corrected chi connectivity index (χ2v) is 7.15. The molecule has 4 heteroatoms. The van der Waals surface area contributed by atoms with Crippen LogP contribution in [0.4, 0.5) is 0 Å². The van der Waals surface area contributed by atoms with Crippen molar-refractivity contribution in [2.24, 2.45) is 11.8 Å². The van der Waals surface area contributed by atoms with Crippen LogP contribution in [-0.2, 0) is 9.59 Å². The van der Waals surface area contributed by atoms with Crippen molar-refractivity contribution in [3.8, 4) is 0 Å². The van der Waals surface area contributed by atoms with Crippen LogP contribution in [-0.4, -0.2) is 34.3 Å². The van der Waals surface area contributed by atoms with Gasteiger partial charge in [0.1, 0.15) is 11.6 Å². The second kappa shape index (κ2) is 5.38. The van der Waals surface area contributed by atoms with Gasteiger partial charge in [0.25, 0.3) is 0 Å². The third-order valence-corrected chi connectivity index (χ3v) is 5.07. The summed E-state index contributed by atoms with van der Waals surface area (Å²) in [7, 11) is 0. The summed E-state index contributed by atoms with van der Waals surface area (Å²) in [4.78, 5) is 27.4. The molecule has 1 N–H and O–H groups in total. The maximum atomic E-state index is 12.9. The molecule has 0 bridgehead atoms. The summed E-state index contributed by atoms with van der Waals surface area (Å²) < 4.78 is 0. The zero-order valence-electron chi connectivity index (χ0n) is 13.4. The van der Waals surface area contributed by atoms with E-state index >= 15 is 0 Å². The first-order valence-electron chi connectivity index (χ1n) is 7.95. The summed E-state index contributed by atoms with van der Waals surface area (Å²) in [6, 6.07) is -0.0701. The summed E-state index contributed by atoms with van der Waals surface area (Å²) in [6.07, 6.45) is 3.86. The summed E-state index contributed by atoms with van der Waals surface area (Å²) in [5, 5.41) is 2.96. The predicted octanol–water partition coefficient (Wildman–Crippen LogP) is 2.33. The molecule has 114 valence electrons. The van der Waals surface area contributed by atoms with E-state index in [0.717, 1.165) is 19.3 Å². The van der Waals surface area contributed by atoms with E-state index in [2.05, 4.69) is 12.2 Å². The highest BCUT2D eigenvalue weighted by molar-refractivity contribution is 5.99. The van der Waals surface area contributed by atoms with E-state index < -0.39 is 5.54 Å². The molecule has 4 nitrogen and oxygen atoms in total. The average Bonchev–Trinajstić information content (AvgIpc) is 2.79. The first-order valence-corrected chi connectivity index (χ1v) is 7.95. The maximum Gasteiger partial charge on any atom is 0.248 e. The molecule has 20 heavy (non-hydrogen) atoms. The largest absolute Gasteiger partial charge is 0.340 e. The molecule has 2 rings (SSSR count). The molecule has 0 radical (unpaired) electrons. The number of hydrogen-bond acceptors (Lipinski definition) is 2. The van der Waals surface area contributed by atoms with E-state index in [4.69, 9.17) is 0 Å². The van der Waals surface area contributed by atoms with Gasteiger partial charge >= 0.3 is 0 Å². The lowest BCUT2D eigenvalue weighted by Crippen LogP contribution is -2.71.